The molecule has 0 bridgehead atoms. The standard InChI is InChI=1S/C18H30N4O/c1-3-5-15(17-11-19-13-21-17)7-9-23-10-8-16(6-4-2)18-12-20-14-22-18/h11-16H,3-10H2,1-2H3,(H,19,21)(H,20,22). The first-order valence-corrected chi connectivity index (χ1v) is 8.89. The minimum absolute atomic E-state index is 0.529. The Morgan fingerprint density at radius 2 is 1.30 bits per heavy atom. The summed E-state index contributed by atoms with van der Waals surface area (Å²) in [6.07, 6.45) is 14.2. The van der Waals surface area contributed by atoms with Crippen LogP contribution < -0.4 is 0 Å². The van der Waals surface area contributed by atoms with Gasteiger partial charge in [0.25, 0.3) is 0 Å². The van der Waals surface area contributed by atoms with Crippen LogP contribution in [0, 0.1) is 0 Å². The molecule has 2 aromatic heterocycles. The molecule has 23 heavy (non-hydrogen) atoms. The largest absolute Gasteiger partial charge is 0.381 e. The molecule has 0 spiro atoms. The normalized spacial score (nSPS) is 14.0. The molecule has 128 valence electrons. The quantitative estimate of drug-likeness (QED) is 0.570. The minimum atomic E-state index is 0.529. The van der Waals surface area contributed by atoms with Crippen molar-refractivity contribution < 1.29 is 4.74 Å². The van der Waals surface area contributed by atoms with Crippen LogP contribution in [0.4, 0.5) is 0 Å². The smallest absolute Gasteiger partial charge is 0.0921 e. The molecule has 2 atom stereocenters. The average molecular weight is 318 g/mol. The first-order valence-electron chi connectivity index (χ1n) is 8.89. The fraction of sp³-hybridized carbons (Fsp3) is 0.667. The molecule has 0 radical (unpaired) electrons. The van der Waals surface area contributed by atoms with Crippen molar-refractivity contribution >= 4 is 0 Å². The van der Waals surface area contributed by atoms with Crippen molar-refractivity contribution in [2.24, 2.45) is 0 Å². The molecule has 0 aliphatic heterocycles. The van der Waals surface area contributed by atoms with Gasteiger partial charge in [-0.15, -0.1) is 0 Å². The van der Waals surface area contributed by atoms with Crippen LogP contribution >= 0.6 is 0 Å². The molecule has 2 N–H and O–H groups in total. The second-order valence-electron chi connectivity index (χ2n) is 6.17. The van der Waals surface area contributed by atoms with Gasteiger partial charge in [0.2, 0.25) is 0 Å². The topological polar surface area (TPSA) is 66.6 Å². The summed E-state index contributed by atoms with van der Waals surface area (Å²) in [5, 5.41) is 0. The number of imidazole rings is 2. The molecular formula is C18H30N4O. The number of nitrogens with zero attached hydrogens (tertiary/aromatic N) is 2. The number of hydrogen-bond donors (Lipinski definition) is 2. The molecule has 0 fully saturated rings. The SMILES string of the molecule is CCCC(CCOCCC(CCC)c1cnc[nH]1)c1cnc[nH]1. The predicted octanol–water partition coefficient (Wildman–Crippen LogP) is 4.40. The van der Waals surface area contributed by atoms with Crippen molar-refractivity contribution in [1.29, 1.82) is 0 Å². The number of aromatic amines is 2. The van der Waals surface area contributed by atoms with E-state index in [0.29, 0.717) is 11.8 Å². The molecule has 0 saturated heterocycles. The van der Waals surface area contributed by atoms with Crippen LogP contribution in [-0.2, 0) is 4.74 Å². The molecule has 2 heterocycles. The lowest BCUT2D eigenvalue weighted by Crippen LogP contribution is -2.08. The average Bonchev–Trinajstić information content (AvgIpc) is 3.25. The molecule has 0 aliphatic carbocycles. The summed E-state index contributed by atoms with van der Waals surface area (Å²) >= 11 is 0. The van der Waals surface area contributed by atoms with Gasteiger partial charge < -0.3 is 14.7 Å². The molecule has 2 rings (SSSR count). The molecule has 0 aromatic carbocycles. The van der Waals surface area contributed by atoms with Gasteiger partial charge in [0.15, 0.2) is 0 Å². The molecule has 0 saturated carbocycles. The van der Waals surface area contributed by atoms with Crippen LogP contribution in [-0.4, -0.2) is 33.1 Å². The van der Waals surface area contributed by atoms with Gasteiger partial charge in [-0.25, -0.2) is 9.97 Å². The maximum Gasteiger partial charge on any atom is 0.0921 e. The van der Waals surface area contributed by atoms with E-state index >= 15 is 0 Å². The Bertz CT molecular complexity index is 449. The molecular weight excluding hydrogens is 288 g/mol. The summed E-state index contributed by atoms with van der Waals surface area (Å²) in [5.41, 5.74) is 2.47. The monoisotopic (exact) mass is 318 g/mol. The minimum Gasteiger partial charge on any atom is -0.381 e. The molecule has 5 heteroatoms. The van der Waals surface area contributed by atoms with Gasteiger partial charge >= 0.3 is 0 Å². The molecule has 2 unspecified atom stereocenters. The number of nitrogens with one attached hydrogen (secondary N) is 2. The fourth-order valence-corrected chi connectivity index (χ4v) is 3.14. The Kier molecular flexibility index (Phi) is 7.87. The van der Waals surface area contributed by atoms with Crippen LogP contribution in [0.3, 0.4) is 0 Å². The Labute approximate surface area is 139 Å². The highest BCUT2D eigenvalue weighted by Crippen LogP contribution is 2.24. The molecule has 5 nitrogen and oxygen atoms in total. The lowest BCUT2D eigenvalue weighted by atomic mass is 9.96. The van der Waals surface area contributed by atoms with Crippen LogP contribution in [0.1, 0.15) is 75.6 Å². The van der Waals surface area contributed by atoms with E-state index in [1.807, 2.05) is 12.4 Å². The summed E-state index contributed by atoms with van der Waals surface area (Å²) in [6, 6.07) is 0. The summed E-state index contributed by atoms with van der Waals surface area (Å²) < 4.78 is 5.91. The summed E-state index contributed by atoms with van der Waals surface area (Å²) in [5.74, 6) is 1.06. The van der Waals surface area contributed by atoms with Crippen molar-refractivity contribution in [3.63, 3.8) is 0 Å². The van der Waals surface area contributed by atoms with E-state index < -0.39 is 0 Å². The summed E-state index contributed by atoms with van der Waals surface area (Å²) in [6.45, 7) is 6.07. The number of H-pyrrole nitrogens is 2. The van der Waals surface area contributed by atoms with Crippen molar-refractivity contribution in [3.05, 3.63) is 36.4 Å². The van der Waals surface area contributed by atoms with E-state index in [1.165, 1.54) is 37.1 Å². The lowest BCUT2D eigenvalue weighted by molar-refractivity contribution is 0.118. The second-order valence-corrected chi connectivity index (χ2v) is 6.17. The Balaban J connectivity index is 1.69. The summed E-state index contributed by atoms with van der Waals surface area (Å²) in [7, 11) is 0. The van der Waals surface area contributed by atoms with E-state index in [0.717, 1.165) is 26.1 Å². The van der Waals surface area contributed by atoms with E-state index in [2.05, 4.69) is 33.8 Å². The number of aromatic nitrogens is 4. The van der Waals surface area contributed by atoms with Gasteiger partial charge in [-0.3, -0.25) is 0 Å². The zero-order chi connectivity index (χ0) is 16.3. The molecule has 0 amide bonds. The van der Waals surface area contributed by atoms with E-state index in [4.69, 9.17) is 4.74 Å². The third kappa shape index (κ3) is 5.82. The Morgan fingerprint density at radius 1 is 0.826 bits per heavy atom. The third-order valence-electron chi connectivity index (χ3n) is 4.41. The van der Waals surface area contributed by atoms with Crippen LogP contribution in [0.15, 0.2) is 25.0 Å². The van der Waals surface area contributed by atoms with E-state index in [-0.39, 0.29) is 0 Å². The highest BCUT2D eigenvalue weighted by molar-refractivity contribution is 5.04. The van der Waals surface area contributed by atoms with Gasteiger partial charge in [0.1, 0.15) is 0 Å². The van der Waals surface area contributed by atoms with E-state index in [1.54, 1.807) is 12.7 Å². The van der Waals surface area contributed by atoms with Crippen LogP contribution in [0.2, 0.25) is 0 Å². The van der Waals surface area contributed by atoms with Gasteiger partial charge in [-0.05, 0) is 25.7 Å². The van der Waals surface area contributed by atoms with Crippen molar-refractivity contribution in [3.8, 4) is 0 Å². The van der Waals surface area contributed by atoms with E-state index in [9.17, 15) is 0 Å². The van der Waals surface area contributed by atoms with Gasteiger partial charge in [-0.1, -0.05) is 26.7 Å². The van der Waals surface area contributed by atoms with Crippen molar-refractivity contribution in [1.82, 2.24) is 19.9 Å². The number of rotatable bonds is 12. The Morgan fingerprint density at radius 3 is 1.65 bits per heavy atom. The molecule has 0 aliphatic rings. The van der Waals surface area contributed by atoms with Crippen LogP contribution in [0.5, 0.6) is 0 Å². The number of ether oxygens (including phenoxy) is 1. The van der Waals surface area contributed by atoms with Crippen molar-refractivity contribution in [2.75, 3.05) is 13.2 Å². The highest BCUT2D eigenvalue weighted by Gasteiger charge is 2.14. The van der Waals surface area contributed by atoms with Gasteiger partial charge in [0.05, 0.1) is 12.7 Å². The first-order chi connectivity index (χ1) is 11.3. The zero-order valence-electron chi connectivity index (χ0n) is 14.4. The zero-order valence-corrected chi connectivity index (χ0v) is 14.4. The molecule has 2 aromatic rings. The van der Waals surface area contributed by atoms with Crippen molar-refractivity contribution in [2.45, 2.75) is 64.2 Å². The maximum atomic E-state index is 5.91. The van der Waals surface area contributed by atoms with Gasteiger partial charge in [-0.2, -0.15) is 0 Å². The lowest BCUT2D eigenvalue weighted by Gasteiger charge is -2.16. The highest BCUT2D eigenvalue weighted by atomic mass is 16.5. The second kappa shape index (κ2) is 10.2. The maximum absolute atomic E-state index is 5.91. The Hall–Kier alpha value is -1.62. The first kappa shape index (κ1) is 17.7. The fourth-order valence-electron chi connectivity index (χ4n) is 3.14. The predicted molar refractivity (Wildman–Crippen MR) is 92.5 cm³/mol. The summed E-state index contributed by atoms with van der Waals surface area (Å²) in [4.78, 5) is 14.7. The van der Waals surface area contributed by atoms with Crippen LogP contribution in [0.25, 0.3) is 0 Å². The number of hydrogen-bond acceptors (Lipinski definition) is 3. The third-order valence-corrected chi connectivity index (χ3v) is 4.41. The van der Waals surface area contributed by atoms with Gasteiger partial charge in [0, 0.05) is 48.8 Å².